The normalized spacial score (nSPS) is 12.7. The number of methoxy groups -OCH3 is 1. The molecule has 174 valence electrons. The van der Waals surface area contributed by atoms with Gasteiger partial charge in [-0.05, 0) is 55.7 Å². The van der Waals surface area contributed by atoms with Crippen molar-refractivity contribution >= 4 is 46.8 Å². The number of amides is 2. The number of nitrogens with zero attached hydrogens (tertiary/aromatic N) is 1. The predicted molar refractivity (Wildman–Crippen MR) is 134 cm³/mol. The lowest BCUT2D eigenvalue weighted by atomic mass is 10.1. The largest absolute Gasteiger partial charge is 0.497 e. The van der Waals surface area contributed by atoms with Gasteiger partial charge in [0.1, 0.15) is 11.8 Å². The number of hydrogen-bond acceptors (Lipinski definition) is 4. The van der Waals surface area contributed by atoms with E-state index in [9.17, 15) is 9.59 Å². The van der Waals surface area contributed by atoms with E-state index in [0.717, 1.165) is 23.3 Å². The molecule has 5 nitrogen and oxygen atoms in total. The summed E-state index contributed by atoms with van der Waals surface area (Å²) in [5, 5.41) is 4.13. The van der Waals surface area contributed by atoms with E-state index in [0.29, 0.717) is 22.3 Å². The molecule has 1 N–H and O–H groups in total. The molecule has 2 aromatic rings. The Labute approximate surface area is 204 Å². The van der Waals surface area contributed by atoms with Crippen molar-refractivity contribution in [2.45, 2.75) is 51.6 Å². The van der Waals surface area contributed by atoms with E-state index in [1.54, 1.807) is 37.1 Å². The molecule has 0 heterocycles. The van der Waals surface area contributed by atoms with E-state index < -0.39 is 6.04 Å². The first-order valence-electron chi connectivity index (χ1n) is 10.5. The third-order valence-electron chi connectivity index (χ3n) is 5.21. The molecule has 0 bridgehead atoms. The number of carbonyl (C=O) groups excluding carboxylic acids is 2. The van der Waals surface area contributed by atoms with Gasteiger partial charge in [0.15, 0.2) is 0 Å². The molecule has 2 rings (SSSR count). The summed E-state index contributed by atoms with van der Waals surface area (Å²) in [6.45, 7) is 6.04. The maximum absolute atomic E-state index is 13.2. The summed E-state index contributed by atoms with van der Waals surface area (Å²) in [6.07, 6.45) is 0.819. The van der Waals surface area contributed by atoms with Crippen LogP contribution in [0.2, 0.25) is 10.0 Å². The Morgan fingerprint density at radius 2 is 1.72 bits per heavy atom. The number of carbonyl (C=O) groups is 2. The van der Waals surface area contributed by atoms with E-state index >= 15 is 0 Å². The summed E-state index contributed by atoms with van der Waals surface area (Å²) in [7, 11) is 1.61. The maximum Gasteiger partial charge on any atom is 0.242 e. The molecule has 32 heavy (non-hydrogen) atoms. The summed E-state index contributed by atoms with van der Waals surface area (Å²) >= 11 is 13.9. The highest BCUT2D eigenvalue weighted by atomic mass is 35.5. The molecule has 0 saturated carbocycles. The number of benzene rings is 2. The van der Waals surface area contributed by atoms with Crippen molar-refractivity contribution in [1.29, 1.82) is 0 Å². The van der Waals surface area contributed by atoms with Crippen LogP contribution in [0.3, 0.4) is 0 Å². The molecule has 0 spiro atoms. The van der Waals surface area contributed by atoms with Gasteiger partial charge in [-0.1, -0.05) is 48.3 Å². The third-order valence-corrected chi connectivity index (χ3v) is 6.87. The van der Waals surface area contributed by atoms with Gasteiger partial charge in [-0.2, -0.15) is 0 Å². The van der Waals surface area contributed by atoms with Gasteiger partial charge in [0.25, 0.3) is 0 Å². The lowest BCUT2D eigenvalue weighted by molar-refractivity contribution is -0.138. The van der Waals surface area contributed by atoms with Gasteiger partial charge < -0.3 is 15.0 Å². The zero-order valence-corrected chi connectivity index (χ0v) is 21.2. The number of hydrogen-bond donors (Lipinski definition) is 1. The quantitative estimate of drug-likeness (QED) is 0.441. The minimum absolute atomic E-state index is 0.0413. The second kappa shape index (κ2) is 13.0. The van der Waals surface area contributed by atoms with E-state index in [4.69, 9.17) is 27.9 Å². The molecule has 0 aliphatic rings. The molecular formula is C24H30Cl2N2O3S. The fourth-order valence-corrected chi connectivity index (χ4v) is 4.62. The van der Waals surface area contributed by atoms with Crippen molar-refractivity contribution in [3.05, 3.63) is 63.6 Å². The van der Waals surface area contributed by atoms with Crippen molar-refractivity contribution in [1.82, 2.24) is 10.2 Å². The smallest absolute Gasteiger partial charge is 0.242 e. The summed E-state index contributed by atoms with van der Waals surface area (Å²) in [5.74, 6) is 1.16. The third kappa shape index (κ3) is 7.61. The number of rotatable bonds is 11. The molecule has 0 aliphatic carbocycles. The number of nitrogens with one attached hydrogen (secondary N) is 1. The Morgan fingerprint density at radius 1 is 1.09 bits per heavy atom. The summed E-state index contributed by atoms with van der Waals surface area (Å²) in [6, 6.07) is 12.3. The number of ether oxygens (including phenoxy) is 1. The molecule has 2 atom stereocenters. The van der Waals surface area contributed by atoms with Crippen LogP contribution in [0.5, 0.6) is 5.75 Å². The first kappa shape index (κ1) is 26.4. The molecule has 0 radical (unpaired) electrons. The minimum Gasteiger partial charge on any atom is -0.497 e. The van der Waals surface area contributed by atoms with E-state index in [1.807, 2.05) is 38.1 Å². The van der Waals surface area contributed by atoms with Crippen molar-refractivity contribution in [2.24, 2.45) is 0 Å². The molecular weight excluding hydrogens is 467 g/mol. The lowest BCUT2D eigenvalue weighted by Gasteiger charge is -2.29. The summed E-state index contributed by atoms with van der Waals surface area (Å²) in [5.41, 5.74) is 1.72. The van der Waals surface area contributed by atoms with Crippen LogP contribution in [0, 0.1) is 0 Å². The van der Waals surface area contributed by atoms with E-state index in [-0.39, 0.29) is 23.6 Å². The average molecular weight is 497 g/mol. The topological polar surface area (TPSA) is 58.6 Å². The molecule has 0 saturated heterocycles. The highest BCUT2D eigenvalue weighted by molar-refractivity contribution is 7.99. The lowest BCUT2D eigenvalue weighted by Crippen LogP contribution is -2.50. The number of halogens is 2. The Balaban J connectivity index is 2.12. The zero-order chi connectivity index (χ0) is 23.7. The standard InChI is InChI=1S/C24H30Cl2N2O3S/c1-5-16(2)27-24(30)17(3)28(13-18-9-11-19(31-4)12-10-18)23(29)15-32-14-20-21(25)7-6-8-22(20)26/h6-12,16-17H,5,13-15H2,1-4H3,(H,27,30)/t16-,17-/m0/s1. The minimum atomic E-state index is -0.608. The fourth-order valence-electron chi connectivity index (χ4n) is 2.97. The SMILES string of the molecule is CC[C@H](C)NC(=O)[C@H](C)N(Cc1ccc(OC)cc1)C(=O)CSCc1c(Cl)cccc1Cl. The monoisotopic (exact) mass is 496 g/mol. The van der Waals surface area contributed by atoms with Gasteiger partial charge in [-0.15, -0.1) is 11.8 Å². The molecule has 0 aromatic heterocycles. The first-order valence-corrected chi connectivity index (χ1v) is 12.4. The van der Waals surface area contributed by atoms with Gasteiger partial charge in [-0.25, -0.2) is 0 Å². The van der Waals surface area contributed by atoms with Crippen LogP contribution < -0.4 is 10.1 Å². The summed E-state index contributed by atoms with van der Waals surface area (Å²) in [4.78, 5) is 27.5. The van der Waals surface area contributed by atoms with Crippen LogP contribution in [0.4, 0.5) is 0 Å². The Bertz CT molecular complexity index is 888. The van der Waals surface area contributed by atoms with Crippen LogP contribution in [0.25, 0.3) is 0 Å². The van der Waals surface area contributed by atoms with Gasteiger partial charge >= 0.3 is 0 Å². The van der Waals surface area contributed by atoms with Crippen LogP contribution in [0.15, 0.2) is 42.5 Å². The molecule has 0 unspecified atom stereocenters. The first-order chi connectivity index (χ1) is 15.3. The Morgan fingerprint density at radius 3 is 2.28 bits per heavy atom. The summed E-state index contributed by atoms with van der Waals surface area (Å²) < 4.78 is 5.21. The molecule has 0 fully saturated rings. The van der Waals surface area contributed by atoms with Crippen molar-refractivity contribution in [3.8, 4) is 5.75 Å². The maximum atomic E-state index is 13.2. The van der Waals surface area contributed by atoms with Gasteiger partial charge in [0.2, 0.25) is 11.8 Å². The molecule has 8 heteroatoms. The van der Waals surface area contributed by atoms with Gasteiger partial charge in [-0.3, -0.25) is 9.59 Å². The Hall–Kier alpha value is -1.89. The Kier molecular flexibility index (Phi) is 10.7. The average Bonchev–Trinajstić information content (AvgIpc) is 2.79. The molecule has 2 amide bonds. The van der Waals surface area contributed by atoms with Crippen LogP contribution in [-0.4, -0.2) is 41.7 Å². The van der Waals surface area contributed by atoms with Crippen molar-refractivity contribution < 1.29 is 14.3 Å². The van der Waals surface area contributed by atoms with Crippen molar-refractivity contribution in [2.75, 3.05) is 12.9 Å². The van der Waals surface area contributed by atoms with Gasteiger partial charge in [0, 0.05) is 28.4 Å². The highest BCUT2D eigenvalue weighted by Crippen LogP contribution is 2.28. The van der Waals surface area contributed by atoms with E-state index in [2.05, 4.69) is 5.32 Å². The highest BCUT2D eigenvalue weighted by Gasteiger charge is 2.26. The van der Waals surface area contributed by atoms with Crippen LogP contribution in [0.1, 0.15) is 38.3 Å². The van der Waals surface area contributed by atoms with Crippen LogP contribution >= 0.6 is 35.0 Å². The predicted octanol–water partition coefficient (Wildman–Crippen LogP) is 5.57. The second-order valence-electron chi connectivity index (χ2n) is 7.56. The van der Waals surface area contributed by atoms with Gasteiger partial charge in [0.05, 0.1) is 12.9 Å². The number of thioether (sulfide) groups is 1. The van der Waals surface area contributed by atoms with Crippen molar-refractivity contribution in [3.63, 3.8) is 0 Å². The zero-order valence-electron chi connectivity index (χ0n) is 18.9. The van der Waals surface area contributed by atoms with Crippen LogP contribution in [-0.2, 0) is 21.9 Å². The fraction of sp³-hybridized carbons (Fsp3) is 0.417. The second-order valence-corrected chi connectivity index (χ2v) is 9.36. The molecule has 0 aliphatic heterocycles. The van der Waals surface area contributed by atoms with E-state index in [1.165, 1.54) is 11.8 Å². The molecule has 2 aromatic carbocycles.